The molecule has 12 heteroatoms. The van der Waals surface area contributed by atoms with E-state index in [1.165, 1.54) is 0 Å². The Morgan fingerprint density at radius 2 is 2.00 bits per heavy atom. The monoisotopic (exact) mass is 350 g/mol. The lowest BCUT2D eigenvalue weighted by atomic mass is 10.1. The molecule has 2 unspecified atom stereocenters. The minimum Gasteiger partial charge on any atom is -0.480 e. The van der Waals surface area contributed by atoms with Crippen LogP contribution in [0.3, 0.4) is 0 Å². The Hall–Kier alpha value is -2.21. The smallest absolute Gasteiger partial charge is 0.325 e. The van der Waals surface area contributed by atoms with Crippen molar-refractivity contribution in [3.05, 3.63) is 4.91 Å². The summed E-state index contributed by atoms with van der Waals surface area (Å²) in [5, 5.41) is 13.2. The topological polar surface area (TPSA) is 177 Å². The fourth-order valence-corrected chi connectivity index (χ4v) is 1.76. The largest absolute Gasteiger partial charge is 0.480 e. The van der Waals surface area contributed by atoms with Gasteiger partial charge in [-0.2, -0.15) is 0 Å². The van der Waals surface area contributed by atoms with Gasteiger partial charge in [0, 0.05) is 28.7 Å². The Labute approximate surface area is 135 Å². The van der Waals surface area contributed by atoms with Crippen molar-refractivity contribution in [2.24, 2.45) is 10.3 Å². The third kappa shape index (κ3) is 9.42. The lowest BCUT2D eigenvalue weighted by Gasteiger charge is -2.16. The second kappa shape index (κ2) is 11.4. The molecule has 0 fully saturated rings. The van der Waals surface area contributed by atoms with Gasteiger partial charge in [0.25, 0.3) is 0 Å². The Balaban J connectivity index is 4.49. The molecule has 130 valence electrons. The maximum atomic E-state index is 11.8. The quantitative estimate of drug-likeness (QED) is 0.193. The summed E-state index contributed by atoms with van der Waals surface area (Å²) in [7, 11) is 1.14. The van der Waals surface area contributed by atoms with Crippen LogP contribution >= 0.6 is 11.9 Å². The zero-order valence-electron chi connectivity index (χ0n) is 12.3. The predicted octanol–water partition coefficient (Wildman–Crippen LogP) is -1.63. The first-order chi connectivity index (χ1) is 10.8. The fourth-order valence-electron chi connectivity index (χ4n) is 1.32. The number of carbonyl (C=O) groups is 4. The number of carboxylic acids is 1. The first kappa shape index (κ1) is 20.8. The van der Waals surface area contributed by atoms with Crippen LogP contribution in [-0.2, 0) is 23.9 Å². The molecular formula is C11H18N4O7S. The van der Waals surface area contributed by atoms with Crippen molar-refractivity contribution >= 4 is 35.7 Å². The molecule has 2 atom stereocenters. The van der Waals surface area contributed by atoms with Crippen molar-refractivity contribution < 1.29 is 29.0 Å². The molecule has 2 amide bonds. The van der Waals surface area contributed by atoms with E-state index in [4.69, 9.17) is 10.8 Å². The second-order valence-corrected chi connectivity index (χ2v) is 5.01. The number of ether oxygens (including phenoxy) is 1. The van der Waals surface area contributed by atoms with Crippen LogP contribution in [0, 0.1) is 4.91 Å². The van der Waals surface area contributed by atoms with Crippen molar-refractivity contribution in [2.45, 2.75) is 24.9 Å². The summed E-state index contributed by atoms with van der Waals surface area (Å²) in [5.74, 6) is -3.40. The number of amides is 2. The van der Waals surface area contributed by atoms with Gasteiger partial charge in [-0.3, -0.25) is 19.2 Å². The van der Waals surface area contributed by atoms with Crippen LogP contribution in [0.15, 0.2) is 4.58 Å². The van der Waals surface area contributed by atoms with E-state index in [0.29, 0.717) is 11.9 Å². The number of carbonyl (C=O) groups excluding carboxylic acids is 3. The standard InChI is InChI=1S/C11H18N4O7S/c1-22-9(17)4-13-10(18)7(5-23-15-21)14-8(16)3-2-6(12)11(19)20/h6-7H,2-5,12H2,1H3,(H,13,18)(H,14,16)(H,19,20). The van der Waals surface area contributed by atoms with Crippen molar-refractivity contribution in [3.8, 4) is 0 Å². The summed E-state index contributed by atoms with van der Waals surface area (Å²) in [6.07, 6.45) is -0.329. The molecule has 0 spiro atoms. The number of nitrogens with two attached hydrogens (primary N) is 1. The number of nitrogens with one attached hydrogen (secondary N) is 2. The van der Waals surface area contributed by atoms with Crippen molar-refractivity contribution in [1.82, 2.24) is 10.6 Å². The minimum atomic E-state index is -1.24. The Kier molecular flexibility index (Phi) is 10.3. The van der Waals surface area contributed by atoms with Crippen LogP contribution in [0.5, 0.6) is 0 Å². The normalized spacial score (nSPS) is 12.6. The molecule has 5 N–H and O–H groups in total. The highest BCUT2D eigenvalue weighted by molar-refractivity contribution is 7.97. The van der Waals surface area contributed by atoms with E-state index in [2.05, 4.69) is 20.0 Å². The van der Waals surface area contributed by atoms with Crippen molar-refractivity contribution in [1.29, 1.82) is 0 Å². The fraction of sp³-hybridized carbons (Fsp3) is 0.636. The zero-order valence-corrected chi connectivity index (χ0v) is 13.1. The lowest BCUT2D eigenvalue weighted by molar-refractivity contribution is -0.141. The van der Waals surface area contributed by atoms with Crippen molar-refractivity contribution in [3.63, 3.8) is 0 Å². The average molecular weight is 350 g/mol. The highest BCUT2D eigenvalue weighted by Crippen LogP contribution is 2.05. The SMILES string of the molecule is COC(=O)CNC(=O)C(CSN=O)NC(=O)CCC(N)C(=O)O. The Morgan fingerprint density at radius 3 is 2.52 bits per heavy atom. The van der Waals surface area contributed by atoms with Gasteiger partial charge in [-0.15, -0.1) is 4.91 Å². The number of hydrogen-bond donors (Lipinski definition) is 4. The molecule has 0 saturated heterocycles. The second-order valence-electron chi connectivity index (χ2n) is 4.27. The summed E-state index contributed by atoms with van der Waals surface area (Å²) in [6, 6.07) is -2.31. The molecule has 0 aromatic rings. The van der Waals surface area contributed by atoms with Crippen molar-refractivity contribution in [2.75, 3.05) is 19.4 Å². The predicted molar refractivity (Wildman–Crippen MR) is 80.1 cm³/mol. The van der Waals surface area contributed by atoms with E-state index in [-0.39, 0.29) is 18.6 Å². The number of carboxylic acid groups (broad SMARTS) is 1. The maximum Gasteiger partial charge on any atom is 0.325 e. The van der Waals surface area contributed by atoms with E-state index >= 15 is 0 Å². The van der Waals surface area contributed by atoms with Gasteiger partial charge in [-0.1, -0.05) is 0 Å². The number of methoxy groups -OCH3 is 1. The van der Waals surface area contributed by atoms with Gasteiger partial charge in [-0.25, -0.2) is 0 Å². The van der Waals surface area contributed by atoms with E-state index in [1.54, 1.807) is 0 Å². The van der Waals surface area contributed by atoms with Gasteiger partial charge in [0.05, 0.1) is 7.11 Å². The van der Waals surface area contributed by atoms with Gasteiger partial charge in [0.1, 0.15) is 18.6 Å². The maximum absolute atomic E-state index is 11.8. The van der Waals surface area contributed by atoms with E-state index < -0.39 is 42.4 Å². The molecule has 0 bridgehead atoms. The van der Waals surface area contributed by atoms with Gasteiger partial charge in [0.2, 0.25) is 11.8 Å². The van der Waals surface area contributed by atoms with Crippen LogP contribution in [0.2, 0.25) is 0 Å². The zero-order chi connectivity index (χ0) is 17.8. The summed E-state index contributed by atoms with van der Waals surface area (Å²) < 4.78 is 6.87. The van der Waals surface area contributed by atoms with Gasteiger partial charge >= 0.3 is 11.9 Å². The highest BCUT2D eigenvalue weighted by atomic mass is 32.2. The van der Waals surface area contributed by atoms with Gasteiger partial charge in [-0.05, 0) is 6.42 Å². The average Bonchev–Trinajstić information content (AvgIpc) is 2.53. The molecular weight excluding hydrogens is 332 g/mol. The van der Waals surface area contributed by atoms with Crippen LogP contribution in [-0.4, -0.2) is 60.4 Å². The molecule has 0 heterocycles. The third-order valence-electron chi connectivity index (χ3n) is 2.58. The Bertz CT molecular complexity index is 460. The van der Waals surface area contributed by atoms with E-state index in [0.717, 1.165) is 7.11 Å². The molecule has 0 aliphatic heterocycles. The summed E-state index contributed by atoms with van der Waals surface area (Å²) in [6.45, 7) is -0.398. The van der Waals surface area contributed by atoms with Crippen LogP contribution in [0.1, 0.15) is 12.8 Å². The molecule has 0 saturated carbocycles. The molecule has 0 aromatic carbocycles. The molecule has 0 radical (unpaired) electrons. The number of aliphatic carboxylic acids is 1. The molecule has 0 aliphatic rings. The number of nitroso groups, excluding NO2 is 1. The number of hydrogen-bond acceptors (Lipinski definition) is 9. The number of rotatable bonds is 11. The van der Waals surface area contributed by atoms with Gasteiger partial charge in [0.15, 0.2) is 0 Å². The number of esters is 1. The summed E-state index contributed by atoms with van der Waals surface area (Å²) >= 11 is 0.515. The molecule has 0 rings (SSSR count). The van der Waals surface area contributed by atoms with Crippen LogP contribution < -0.4 is 16.4 Å². The van der Waals surface area contributed by atoms with Crippen LogP contribution in [0.4, 0.5) is 0 Å². The third-order valence-corrected chi connectivity index (χ3v) is 3.17. The molecule has 23 heavy (non-hydrogen) atoms. The Morgan fingerprint density at radius 1 is 1.35 bits per heavy atom. The summed E-state index contributed by atoms with van der Waals surface area (Å²) in [5.41, 5.74) is 5.26. The lowest BCUT2D eigenvalue weighted by Crippen LogP contribution is -2.49. The number of nitrogens with zero attached hydrogens (tertiary/aromatic N) is 1. The van der Waals surface area contributed by atoms with Crippen LogP contribution in [0.25, 0.3) is 0 Å². The highest BCUT2D eigenvalue weighted by Gasteiger charge is 2.22. The van der Waals surface area contributed by atoms with Gasteiger partial charge < -0.3 is 26.2 Å². The summed E-state index contributed by atoms with van der Waals surface area (Å²) in [4.78, 5) is 55.2. The minimum absolute atomic E-state index is 0.114. The first-order valence-electron chi connectivity index (χ1n) is 6.38. The molecule has 0 aromatic heterocycles. The van der Waals surface area contributed by atoms with E-state index in [9.17, 15) is 24.1 Å². The van der Waals surface area contributed by atoms with E-state index in [1.807, 2.05) is 0 Å². The molecule has 0 aliphatic carbocycles. The molecule has 11 nitrogen and oxygen atoms in total. The first-order valence-corrected chi connectivity index (χ1v) is 7.33.